The van der Waals surface area contributed by atoms with Crippen molar-refractivity contribution < 1.29 is 9.31 Å². The highest BCUT2D eigenvalue weighted by atomic mass is 16.7. The third kappa shape index (κ3) is 2.34. The molecule has 1 saturated carbocycles. The monoisotopic (exact) mass is 379 g/mol. The van der Waals surface area contributed by atoms with Crippen LogP contribution in [0.1, 0.15) is 65.1 Å². The molecule has 0 radical (unpaired) electrons. The minimum atomic E-state index is -0.321. The van der Waals surface area contributed by atoms with Gasteiger partial charge in [-0.15, -0.1) is 0 Å². The molecule has 1 aromatic carbocycles. The minimum Gasteiger partial charge on any atom is -0.399 e. The predicted octanol–water partition coefficient (Wildman–Crippen LogP) is 3.06. The van der Waals surface area contributed by atoms with Crippen LogP contribution in [0.15, 0.2) is 18.2 Å². The lowest BCUT2D eigenvalue weighted by atomic mass is 9.79. The van der Waals surface area contributed by atoms with E-state index in [1.54, 1.807) is 0 Å². The number of likely N-dealkylation sites (tertiary alicyclic amines) is 1. The number of imidazole rings is 1. The van der Waals surface area contributed by atoms with Crippen molar-refractivity contribution >= 4 is 23.6 Å². The molecular formula is C22H30BN3O2. The lowest BCUT2D eigenvalue weighted by Crippen LogP contribution is -2.44. The number of rotatable bonds is 2. The van der Waals surface area contributed by atoms with Gasteiger partial charge in [-0.05, 0) is 64.6 Å². The van der Waals surface area contributed by atoms with Gasteiger partial charge in [0, 0.05) is 31.1 Å². The van der Waals surface area contributed by atoms with E-state index in [0.717, 1.165) is 23.6 Å². The molecule has 1 aliphatic carbocycles. The first-order chi connectivity index (χ1) is 13.3. The van der Waals surface area contributed by atoms with E-state index < -0.39 is 0 Å². The Morgan fingerprint density at radius 1 is 1.04 bits per heavy atom. The standard InChI is InChI=1S/C22H30BN3O2/c1-21(2)22(3,4)28-23(27-21)15-8-9-19-18(11-15)24-20-14-10-17(13-26(19)20)25(12-14)16-6-5-7-16/h8-9,11,14,16-17H,5-7,10,12-13H2,1-4H3. The highest BCUT2D eigenvalue weighted by Gasteiger charge is 2.52. The molecule has 0 spiro atoms. The zero-order valence-corrected chi connectivity index (χ0v) is 17.4. The molecule has 2 saturated heterocycles. The first-order valence-corrected chi connectivity index (χ1v) is 10.9. The van der Waals surface area contributed by atoms with E-state index in [-0.39, 0.29) is 18.3 Å². The van der Waals surface area contributed by atoms with E-state index in [2.05, 4.69) is 55.4 Å². The Balaban J connectivity index is 1.32. The van der Waals surface area contributed by atoms with Crippen molar-refractivity contribution in [2.75, 3.05) is 6.54 Å². The minimum absolute atomic E-state index is 0.315. The van der Waals surface area contributed by atoms with E-state index in [9.17, 15) is 0 Å². The van der Waals surface area contributed by atoms with E-state index >= 15 is 0 Å². The molecule has 3 aliphatic heterocycles. The summed E-state index contributed by atoms with van der Waals surface area (Å²) >= 11 is 0. The first-order valence-electron chi connectivity index (χ1n) is 10.9. The molecule has 1 aromatic heterocycles. The van der Waals surface area contributed by atoms with Gasteiger partial charge in [-0.1, -0.05) is 12.5 Å². The smallest absolute Gasteiger partial charge is 0.399 e. The van der Waals surface area contributed by atoms with E-state index in [4.69, 9.17) is 14.3 Å². The summed E-state index contributed by atoms with van der Waals surface area (Å²) < 4.78 is 15.0. The fraction of sp³-hybridized carbons (Fsp3) is 0.682. The zero-order valence-electron chi connectivity index (χ0n) is 17.4. The second-order valence-corrected chi connectivity index (χ2v) is 10.3. The van der Waals surface area contributed by atoms with Gasteiger partial charge < -0.3 is 13.9 Å². The Bertz CT molecular complexity index is 933. The van der Waals surface area contributed by atoms with Crippen molar-refractivity contribution in [1.82, 2.24) is 14.5 Å². The van der Waals surface area contributed by atoms with Crippen LogP contribution in [0.5, 0.6) is 0 Å². The number of fused-ring (bicyclic) bond motifs is 6. The van der Waals surface area contributed by atoms with E-state index in [0.29, 0.717) is 12.0 Å². The maximum atomic E-state index is 6.25. The summed E-state index contributed by atoms with van der Waals surface area (Å²) in [5.41, 5.74) is 2.79. The summed E-state index contributed by atoms with van der Waals surface area (Å²) in [5, 5.41) is 0. The Morgan fingerprint density at radius 3 is 2.46 bits per heavy atom. The van der Waals surface area contributed by atoms with Gasteiger partial charge in [0.1, 0.15) is 5.82 Å². The average Bonchev–Trinajstić information content (AvgIpc) is 3.18. The maximum Gasteiger partial charge on any atom is 0.494 e. The topological polar surface area (TPSA) is 39.5 Å². The van der Waals surface area contributed by atoms with Crippen molar-refractivity contribution in [3.8, 4) is 0 Å². The van der Waals surface area contributed by atoms with Crippen LogP contribution in [-0.2, 0) is 15.9 Å². The number of hydrogen-bond acceptors (Lipinski definition) is 4. The van der Waals surface area contributed by atoms with Crippen molar-refractivity contribution in [3.63, 3.8) is 0 Å². The third-order valence-electron chi connectivity index (χ3n) is 8.09. The molecule has 148 valence electrons. The van der Waals surface area contributed by atoms with Gasteiger partial charge in [-0.25, -0.2) is 4.98 Å². The van der Waals surface area contributed by atoms with Gasteiger partial charge in [0.2, 0.25) is 0 Å². The van der Waals surface area contributed by atoms with Gasteiger partial charge in [-0.3, -0.25) is 4.90 Å². The molecule has 0 N–H and O–H groups in total. The largest absolute Gasteiger partial charge is 0.494 e. The third-order valence-corrected chi connectivity index (χ3v) is 8.09. The van der Waals surface area contributed by atoms with Crippen LogP contribution in [0.4, 0.5) is 0 Å². The molecule has 6 rings (SSSR count). The lowest BCUT2D eigenvalue weighted by molar-refractivity contribution is 0.00578. The predicted molar refractivity (Wildman–Crippen MR) is 111 cm³/mol. The molecule has 3 fully saturated rings. The Labute approximate surface area is 167 Å². The first kappa shape index (κ1) is 17.5. The molecule has 2 bridgehead atoms. The van der Waals surface area contributed by atoms with Crippen LogP contribution in [0.3, 0.4) is 0 Å². The van der Waals surface area contributed by atoms with Crippen LogP contribution in [-0.4, -0.2) is 51.4 Å². The number of benzene rings is 1. The second-order valence-electron chi connectivity index (χ2n) is 10.3. The van der Waals surface area contributed by atoms with Gasteiger partial charge in [0.15, 0.2) is 0 Å². The van der Waals surface area contributed by atoms with Crippen LogP contribution in [0.2, 0.25) is 0 Å². The number of nitrogens with zero attached hydrogens (tertiary/aromatic N) is 3. The molecule has 28 heavy (non-hydrogen) atoms. The molecule has 2 unspecified atom stereocenters. The fourth-order valence-corrected chi connectivity index (χ4v) is 5.48. The number of aromatic nitrogens is 2. The second kappa shape index (κ2) is 5.62. The summed E-state index contributed by atoms with van der Waals surface area (Å²) in [6.45, 7) is 10.7. The molecule has 4 heterocycles. The molecule has 0 amide bonds. The summed E-state index contributed by atoms with van der Waals surface area (Å²) in [4.78, 5) is 7.88. The molecule has 6 heteroatoms. The van der Waals surface area contributed by atoms with Crippen molar-refractivity contribution in [1.29, 1.82) is 0 Å². The average molecular weight is 379 g/mol. The quantitative estimate of drug-likeness (QED) is 0.752. The van der Waals surface area contributed by atoms with Crippen LogP contribution in [0.25, 0.3) is 11.0 Å². The molecule has 5 nitrogen and oxygen atoms in total. The molecular weight excluding hydrogens is 349 g/mol. The van der Waals surface area contributed by atoms with Crippen LogP contribution < -0.4 is 5.46 Å². The highest BCUT2D eigenvalue weighted by molar-refractivity contribution is 6.62. The van der Waals surface area contributed by atoms with Crippen molar-refractivity contribution in [2.24, 2.45) is 0 Å². The van der Waals surface area contributed by atoms with Crippen molar-refractivity contribution in [2.45, 2.75) is 89.1 Å². The fourth-order valence-electron chi connectivity index (χ4n) is 5.48. The highest BCUT2D eigenvalue weighted by Crippen LogP contribution is 2.43. The van der Waals surface area contributed by atoms with Gasteiger partial charge in [0.25, 0.3) is 0 Å². The Morgan fingerprint density at radius 2 is 1.79 bits per heavy atom. The summed E-state index contributed by atoms with van der Waals surface area (Å²) in [5.74, 6) is 1.88. The molecule has 2 atom stereocenters. The van der Waals surface area contributed by atoms with Gasteiger partial charge in [0.05, 0.1) is 22.2 Å². The summed E-state index contributed by atoms with van der Waals surface area (Å²) in [7, 11) is -0.321. The SMILES string of the molecule is CC1(C)OB(c2ccc3c(c2)nc2n3CC3CC2CN3C2CCC2)OC1(C)C. The molecule has 4 aliphatic rings. The zero-order chi connectivity index (χ0) is 19.3. The molecule has 2 aromatic rings. The van der Waals surface area contributed by atoms with Gasteiger partial charge in [-0.2, -0.15) is 0 Å². The van der Waals surface area contributed by atoms with E-state index in [1.807, 2.05) is 0 Å². The maximum absolute atomic E-state index is 6.25. The van der Waals surface area contributed by atoms with Crippen molar-refractivity contribution in [3.05, 3.63) is 24.0 Å². The lowest BCUT2D eigenvalue weighted by Gasteiger charge is -2.38. The van der Waals surface area contributed by atoms with Gasteiger partial charge >= 0.3 is 7.12 Å². The Hall–Kier alpha value is -1.37. The summed E-state index contributed by atoms with van der Waals surface area (Å²) in [6.07, 6.45) is 5.48. The van der Waals surface area contributed by atoms with Crippen LogP contribution in [0, 0.1) is 0 Å². The normalized spacial score (nSPS) is 31.4. The Kier molecular flexibility index (Phi) is 3.51. The van der Waals surface area contributed by atoms with Crippen LogP contribution >= 0.6 is 0 Å². The van der Waals surface area contributed by atoms with E-state index in [1.165, 1.54) is 43.6 Å². The summed E-state index contributed by atoms with van der Waals surface area (Å²) in [6, 6.07) is 8.11. The number of hydrogen-bond donors (Lipinski definition) is 0.